The van der Waals surface area contributed by atoms with Gasteiger partial charge in [0.1, 0.15) is 0 Å². The highest BCUT2D eigenvalue weighted by atomic mass is 32.2. The van der Waals surface area contributed by atoms with E-state index in [4.69, 9.17) is 5.73 Å². The molecule has 0 bridgehead atoms. The van der Waals surface area contributed by atoms with Gasteiger partial charge in [-0.2, -0.15) is 5.10 Å². The maximum absolute atomic E-state index is 6.28. The standard InChI is InChI=1S/C12H19N7S/c1-3-10(13)11(8-6-14-18(2)7-8)20-12-15-16-17-19(12)9-4-5-9/h6-7,9-11H,3-5,13H2,1-2H3. The minimum absolute atomic E-state index is 0.0496. The Morgan fingerprint density at radius 2 is 2.30 bits per heavy atom. The lowest BCUT2D eigenvalue weighted by Gasteiger charge is -2.20. The summed E-state index contributed by atoms with van der Waals surface area (Å²) in [5, 5.41) is 17.3. The molecular weight excluding hydrogens is 274 g/mol. The molecule has 2 heterocycles. The number of hydrogen-bond acceptors (Lipinski definition) is 6. The molecule has 3 rings (SSSR count). The minimum atomic E-state index is 0.0496. The van der Waals surface area contributed by atoms with Gasteiger partial charge in [-0.25, -0.2) is 4.68 Å². The van der Waals surface area contributed by atoms with E-state index >= 15 is 0 Å². The second kappa shape index (κ2) is 5.53. The zero-order chi connectivity index (χ0) is 14.1. The number of nitrogens with zero attached hydrogens (tertiary/aromatic N) is 6. The van der Waals surface area contributed by atoms with E-state index in [9.17, 15) is 0 Å². The Hall–Kier alpha value is -1.41. The van der Waals surface area contributed by atoms with Crippen LogP contribution in [0.2, 0.25) is 0 Å². The van der Waals surface area contributed by atoms with Gasteiger partial charge in [0.2, 0.25) is 5.16 Å². The molecule has 0 aliphatic heterocycles. The third kappa shape index (κ3) is 2.71. The van der Waals surface area contributed by atoms with Crippen LogP contribution in [0, 0.1) is 0 Å². The van der Waals surface area contributed by atoms with Gasteiger partial charge in [0.25, 0.3) is 0 Å². The van der Waals surface area contributed by atoms with Crippen LogP contribution in [0.5, 0.6) is 0 Å². The molecule has 0 saturated heterocycles. The number of hydrogen-bond donors (Lipinski definition) is 1. The molecule has 108 valence electrons. The molecule has 0 aromatic carbocycles. The molecule has 2 unspecified atom stereocenters. The number of tetrazole rings is 1. The molecule has 8 heteroatoms. The maximum atomic E-state index is 6.28. The van der Waals surface area contributed by atoms with Gasteiger partial charge in [-0.15, -0.1) is 5.10 Å². The largest absolute Gasteiger partial charge is 0.326 e. The molecule has 7 nitrogen and oxygen atoms in total. The van der Waals surface area contributed by atoms with Crippen molar-refractivity contribution in [3.8, 4) is 0 Å². The van der Waals surface area contributed by atoms with Crippen molar-refractivity contribution in [2.45, 2.75) is 48.7 Å². The molecule has 20 heavy (non-hydrogen) atoms. The van der Waals surface area contributed by atoms with Crippen LogP contribution in [0.25, 0.3) is 0 Å². The van der Waals surface area contributed by atoms with Crippen molar-refractivity contribution < 1.29 is 0 Å². The first kappa shape index (κ1) is 13.6. The summed E-state index contributed by atoms with van der Waals surface area (Å²) in [5.74, 6) is 0. The van der Waals surface area contributed by atoms with E-state index in [1.165, 1.54) is 0 Å². The number of rotatable bonds is 6. The normalized spacial score (nSPS) is 18.1. The van der Waals surface area contributed by atoms with Crippen LogP contribution in [0.4, 0.5) is 0 Å². The summed E-state index contributed by atoms with van der Waals surface area (Å²) in [6, 6.07) is 0.522. The van der Waals surface area contributed by atoms with E-state index in [-0.39, 0.29) is 11.3 Å². The van der Waals surface area contributed by atoms with Crippen LogP contribution in [-0.2, 0) is 7.05 Å². The van der Waals surface area contributed by atoms with Gasteiger partial charge >= 0.3 is 0 Å². The fourth-order valence-electron chi connectivity index (χ4n) is 2.13. The maximum Gasteiger partial charge on any atom is 0.210 e. The van der Waals surface area contributed by atoms with Crippen molar-refractivity contribution in [1.82, 2.24) is 30.0 Å². The van der Waals surface area contributed by atoms with Crippen LogP contribution in [0.1, 0.15) is 43.0 Å². The Balaban J connectivity index is 1.84. The monoisotopic (exact) mass is 293 g/mol. The number of aromatic nitrogens is 6. The SMILES string of the molecule is CCC(N)C(Sc1nnnn1C1CC1)c1cnn(C)c1. The van der Waals surface area contributed by atoms with Crippen molar-refractivity contribution in [2.75, 3.05) is 0 Å². The Morgan fingerprint density at radius 3 is 2.90 bits per heavy atom. The van der Waals surface area contributed by atoms with Crippen molar-refractivity contribution in [1.29, 1.82) is 0 Å². The second-order valence-electron chi connectivity index (χ2n) is 5.20. The molecule has 1 aliphatic carbocycles. The summed E-state index contributed by atoms with van der Waals surface area (Å²) < 4.78 is 3.73. The van der Waals surface area contributed by atoms with Crippen LogP contribution < -0.4 is 5.73 Å². The third-order valence-corrected chi connectivity index (χ3v) is 4.86. The summed E-state index contributed by atoms with van der Waals surface area (Å²) in [6.45, 7) is 2.10. The lowest BCUT2D eigenvalue weighted by Crippen LogP contribution is -2.25. The summed E-state index contributed by atoms with van der Waals surface area (Å²) in [4.78, 5) is 0. The minimum Gasteiger partial charge on any atom is -0.326 e. The summed E-state index contributed by atoms with van der Waals surface area (Å²) >= 11 is 1.64. The molecule has 2 aromatic rings. The van der Waals surface area contributed by atoms with Crippen molar-refractivity contribution >= 4 is 11.8 Å². The van der Waals surface area contributed by atoms with E-state index in [1.54, 1.807) is 16.4 Å². The second-order valence-corrected chi connectivity index (χ2v) is 6.30. The molecule has 2 aromatic heterocycles. The average Bonchev–Trinajstić information content (AvgIpc) is 3.03. The molecule has 1 fully saturated rings. The van der Waals surface area contributed by atoms with Gasteiger partial charge in [0.05, 0.1) is 17.5 Å². The van der Waals surface area contributed by atoms with Crippen LogP contribution >= 0.6 is 11.8 Å². The average molecular weight is 293 g/mol. The van der Waals surface area contributed by atoms with Crippen molar-refractivity contribution in [3.63, 3.8) is 0 Å². The summed E-state index contributed by atoms with van der Waals surface area (Å²) in [5.41, 5.74) is 7.40. The van der Waals surface area contributed by atoms with Crippen molar-refractivity contribution in [2.24, 2.45) is 12.8 Å². The molecular formula is C12H19N7S. The first-order valence-corrected chi connectivity index (χ1v) is 7.75. The summed E-state index contributed by atoms with van der Waals surface area (Å²) in [7, 11) is 1.91. The zero-order valence-electron chi connectivity index (χ0n) is 11.7. The van der Waals surface area contributed by atoms with Gasteiger partial charge in [0.15, 0.2) is 0 Å². The Kier molecular flexibility index (Phi) is 3.75. The predicted octanol–water partition coefficient (Wildman–Crippen LogP) is 1.31. The first-order valence-electron chi connectivity index (χ1n) is 6.87. The zero-order valence-corrected chi connectivity index (χ0v) is 12.5. The van der Waals surface area contributed by atoms with E-state index in [0.717, 1.165) is 30.0 Å². The first-order chi connectivity index (χ1) is 9.69. The van der Waals surface area contributed by atoms with Crippen LogP contribution in [0.15, 0.2) is 17.6 Å². The Bertz CT molecular complexity index is 574. The predicted molar refractivity (Wildman–Crippen MR) is 76.2 cm³/mol. The van der Waals surface area contributed by atoms with E-state index in [1.807, 2.05) is 24.1 Å². The van der Waals surface area contributed by atoms with Crippen LogP contribution in [0.3, 0.4) is 0 Å². The number of thioether (sulfide) groups is 1. The quantitative estimate of drug-likeness (QED) is 0.808. The third-order valence-electron chi connectivity index (χ3n) is 3.50. The smallest absolute Gasteiger partial charge is 0.210 e. The topological polar surface area (TPSA) is 87.4 Å². The lowest BCUT2D eigenvalue weighted by atomic mass is 10.1. The highest BCUT2D eigenvalue weighted by molar-refractivity contribution is 7.99. The highest BCUT2D eigenvalue weighted by Crippen LogP contribution is 2.41. The number of nitrogens with two attached hydrogens (primary N) is 1. The molecule has 1 saturated carbocycles. The Morgan fingerprint density at radius 1 is 1.50 bits per heavy atom. The molecule has 0 radical (unpaired) electrons. The molecule has 1 aliphatic rings. The van der Waals surface area contributed by atoms with E-state index in [0.29, 0.717) is 6.04 Å². The van der Waals surface area contributed by atoms with Gasteiger partial charge in [-0.3, -0.25) is 4.68 Å². The lowest BCUT2D eigenvalue weighted by molar-refractivity contribution is 0.561. The van der Waals surface area contributed by atoms with Crippen LogP contribution in [-0.4, -0.2) is 36.0 Å². The van der Waals surface area contributed by atoms with Gasteiger partial charge in [0, 0.05) is 24.8 Å². The molecule has 2 N–H and O–H groups in total. The van der Waals surface area contributed by atoms with Crippen molar-refractivity contribution in [3.05, 3.63) is 18.0 Å². The van der Waals surface area contributed by atoms with Gasteiger partial charge in [-0.1, -0.05) is 18.7 Å². The molecule has 0 spiro atoms. The van der Waals surface area contributed by atoms with Gasteiger partial charge < -0.3 is 5.73 Å². The number of aryl methyl sites for hydroxylation is 1. The van der Waals surface area contributed by atoms with E-state index in [2.05, 4.69) is 27.5 Å². The highest BCUT2D eigenvalue weighted by Gasteiger charge is 2.30. The Labute approximate surface area is 121 Å². The molecule has 2 atom stereocenters. The molecule has 0 amide bonds. The van der Waals surface area contributed by atoms with E-state index < -0.39 is 0 Å². The fourth-order valence-corrected chi connectivity index (χ4v) is 3.36. The fraction of sp³-hybridized carbons (Fsp3) is 0.667. The van der Waals surface area contributed by atoms with Gasteiger partial charge in [-0.05, 0) is 29.7 Å². The summed E-state index contributed by atoms with van der Waals surface area (Å²) in [6.07, 6.45) is 7.11.